The Bertz CT molecular complexity index is 605. The van der Waals surface area contributed by atoms with Gasteiger partial charge in [-0.1, -0.05) is 32.0 Å². The van der Waals surface area contributed by atoms with Crippen LogP contribution in [0.1, 0.15) is 36.2 Å². The van der Waals surface area contributed by atoms with Gasteiger partial charge in [-0.3, -0.25) is 4.79 Å². The molecular weight excluding hydrogens is 260 g/mol. The first-order valence-electron chi connectivity index (χ1n) is 7.42. The number of anilines is 2. The Morgan fingerprint density at radius 3 is 2.38 bits per heavy atom. The lowest BCUT2D eigenvalue weighted by Crippen LogP contribution is -2.31. The van der Waals surface area contributed by atoms with E-state index in [0.717, 1.165) is 18.5 Å². The summed E-state index contributed by atoms with van der Waals surface area (Å²) in [5.41, 5.74) is 9.29. The predicted molar refractivity (Wildman–Crippen MR) is 88.6 cm³/mol. The third-order valence-corrected chi connectivity index (χ3v) is 3.48. The SMILES string of the molecule is CCCN(C(=O)c1ccc(CC)cc1)c1cccc(N)c1. The summed E-state index contributed by atoms with van der Waals surface area (Å²) in [6, 6.07) is 15.3. The monoisotopic (exact) mass is 282 g/mol. The maximum atomic E-state index is 12.7. The third-order valence-electron chi connectivity index (χ3n) is 3.48. The molecule has 0 bridgehead atoms. The van der Waals surface area contributed by atoms with Crippen molar-refractivity contribution >= 4 is 17.3 Å². The standard InChI is InChI=1S/C18H22N2O/c1-3-12-20(17-7-5-6-16(19)13-17)18(21)15-10-8-14(4-2)9-11-15/h5-11,13H,3-4,12,19H2,1-2H3. The normalized spacial score (nSPS) is 10.4. The van der Waals surface area contributed by atoms with Crippen LogP contribution in [-0.2, 0) is 6.42 Å². The van der Waals surface area contributed by atoms with Gasteiger partial charge in [0.15, 0.2) is 0 Å². The number of aryl methyl sites for hydroxylation is 1. The molecule has 1 amide bonds. The lowest BCUT2D eigenvalue weighted by molar-refractivity contribution is 0.0987. The van der Waals surface area contributed by atoms with Crippen LogP contribution >= 0.6 is 0 Å². The Balaban J connectivity index is 2.30. The van der Waals surface area contributed by atoms with Crippen LogP contribution in [0.3, 0.4) is 0 Å². The van der Waals surface area contributed by atoms with Crippen molar-refractivity contribution in [1.82, 2.24) is 0 Å². The Kier molecular flexibility index (Phi) is 4.99. The number of hydrogen-bond donors (Lipinski definition) is 1. The van der Waals surface area contributed by atoms with Gasteiger partial charge in [-0.15, -0.1) is 0 Å². The Labute approximate surface area is 126 Å². The fourth-order valence-corrected chi connectivity index (χ4v) is 2.30. The molecule has 0 unspecified atom stereocenters. The van der Waals surface area contributed by atoms with E-state index in [9.17, 15) is 4.79 Å². The van der Waals surface area contributed by atoms with Crippen molar-refractivity contribution in [3.05, 3.63) is 59.7 Å². The highest BCUT2D eigenvalue weighted by molar-refractivity contribution is 6.06. The zero-order valence-corrected chi connectivity index (χ0v) is 12.7. The predicted octanol–water partition coefficient (Wildman–Crippen LogP) is 3.89. The highest BCUT2D eigenvalue weighted by atomic mass is 16.2. The van der Waals surface area contributed by atoms with Crippen LogP contribution < -0.4 is 10.6 Å². The minimum Gasteiger partial charge on any atom is -0.399 e. The summed E-state index contributed by atoms with van der Waals surface area (Å²) in [7, 11) is 0. The molecule has 3 heteroatoms. The van der Waals surface area contributed by atoms with E-state index in [0.29, 0.717) is 17.8 Å². The highest BCUT2D eigenvalue weighted by Crippen LogP contribution is 2.20. The van der Waals surface area contributed by atoms with Crippen LogP contribution in [0.2, 0.25) is 0 Å². The minimum atomic E-state index is 0.0186. The smallest absolute Gasteiger partial charge is 0.258 e. The fourth-order valence-electron chi connectivity index (χ4n) is 2.30. The minimum absolute atomic E-state index is 0.0186. The fraction of sp³-hybridized carbons (Fsp3) is 0.278. The van der Waals surface area contributed by atoms with Gasteiger partial charge in [0.2, 0.25) is 0 Å². The van der Waals surface area contributed by atoms with Crippen LogP contribution in [-0.4, -0.2) is 12.5 Å². The molecule has 2 aromatic rings. The molecule has 3 nitrogen and oxygen atoms in total. The third kappa shape index (κ3) is 3.63. The molecule has 0 aliphatic heterocycles. The van der Waals surface area contributed by atoms with Gasteiger partial charge in [0.25, 0.3) is 5.91 Å². The second kappa shape index (κ2) is 6.93. The van der Waals surface area contributed by atoms with Gasteiger partial charge >= 0.3 is 0 Å². The Morgan fingerprint density at radius 1 is 1.10 bits per heavy atom. The zero-order valence-electron chi connectivity index (χ0n) is 12.7. The summed E-state index contributed by atoms with van der Waals surface area (Å²) < 4.78 is 0. The van der Waals surface area contributed by atoms with Crippen molar-refractivity contribution in [2.45, 2.75) is 26.7 Å². The van der Waals surface area contributed by atoms with Crippen LogP contribution in [0, 0.1) is 0 Å². The van der Waals surface area contributed by atoms with Crippen molar-refractivity contribution < 1.29 is 4.79 Å². The van der Waals surface area contributed by atoms with Gasteiger partial charge < -0.3 is 10.6 Å². The molecule has 0 saturated heterocycles. The van der Waals surface area contributed by atoms with E-state index in [1.807, 2.05) is 48.5 Å². The average molecular weight is 282 g/mol. The maximum Gasteiger partial charge on any atom is 0.258 e. The van der Waals surface area contributed by atoms with Gasteiger partial charge in [0.05, 0.1) is 0 Å². The molecule has 21 heavy (non-hydrogen) atoms. The van der Waals surface area contributed by atoms with E-state index in [1.165, 1.54) is 5.56 Å². The quantitative estimate of drug-likeness (QED) is 0.846. The largest absolute Gasteiger partial charge is 0.399 e. The first-order valence-corrected chi connectivity index (χ1v) is 7.42. The lowest BCUT2D eigenvalue weighted by Gasteiger charge is -2.23. The van der Waals surface area contributed by atoms with Crippen molar-refractivity contribution in [1.29, 1.82) is 0 Å². The summed E-state index contributed by atoms with van der Waals surface area (Å²) >= 11 is 0. The van der Waals surface area contributed by atoms with E-state index in [4.69, 9.17) is 5.73 Å². The van der Waals surface area contributed by atoms with Gasteiger partial charge in [-0.2, -0.15) is 0 Å². The number of nitrogen functional groups attached to an aromatic ring is 1. The molecule has 0 aromatic heterocycles. The molecule has 2 rings (SSSR count). The number of hydrogen-bond acceptors (Lipinski definition) is 2. The number of rotatable bonds is 5. The van der Waals surface area contributed by atoms with E-state index in [-0.39, 0.29) is 5.91 Å². The molecule has 0 fully saturated rings. The zero-order chi connectivity index (χ0) is 15.2. The van der Waals surface area contributed by atoms with Crippen LogP contribution in [0.25, 0.3) is 0 Å². The number of benzene rings is 2. The molecule has 0 aliphatic carbocycles. The summed E-state index contributed by atoms with van der Waals surface area (Å²) in [6.07, 6.45) is 1.87. The molecule has 0 aliphatic rings. The average Bonchev–Trinajstić information content (AvgIpc) is 2.52. The summed E-state index contributed by atoms with van der Waals surface area (Å²) in [5, 5.41) is 0. The molecule has 0 heterocycles. The topological polar surface area (TPSA) is 46.3 Å². The summed E-state index contributed by atoms with van der Waals surface area (Å²) in [5.74, 6) is 0.0186. The molecule has 2 N–H and O–H groups in total. The van der Waals surface area contributed by atoms with E-state index in [2.05, 4.69) is 13.8 Å². The second-order valence-corrected chi connectivity index (χ2v) is 5.10. The highest BCUT2D eigenvalue weighted by Gasteiger charge is 2.16. The second-order valence-electron chi connectivity index (χ2n) is 5.10. The number of nitrogens with two attached hydrogens (primary N) is 1. The number of amides is 1. The molecule has 2 aromatic carbocycles. The van der Waals surface area contributed by atoms with Crippen molar-refractivity contribution in [2.24, 2.45) is 0 Å². The molecule has 110 valence electrons. The van der Waals surface area contributed by atoms with E-state index >= 15 is 0 Å². The van der Waals surface area contributed by atoms with Crippen molar-refractivity contribution in [3.63, 3.8) is 0 Å². The number of nitrogens with zero attached hydrogens (tertiary/aromatic N) is 1. The summed E-state index contributed by atoms with van der Waals surface area (Å²) in [6.45, 7) is 4.84. The molecule has 0 atom stereocenters. The first kappa shape index (κ1) is 15.1. The number of carbonyl (C=O) groups is 1. The van der Waals surface area contributed by atoms with Crippen LogP contribution in [0.4, 0.5) is 11.4 Å². The van der Waals surface area contributed by atoms with E-state index < -0.39 is 0 Å². The van der Waals surface area contributed by atoms with Crippen molar-refractivity contribution in [2.75, 3.05) is 17.2 Å². The van der Waals surface area contributed by atoms with Gasteiger partial charge in [0, 0.05) is 23.5 Å². The van der Waals surface area contributed by atoms with Gasteiger partial charge in [-0.05, 0) is 48.7 Å². The van der Waals surface area contributed by atoms with Crippen molar-refractivity contribution in [3.8, 4) is 0 Å². The lowest BCUT2D eigenvalue weighted by atomic mass is 10.1. The van der Waals surface area contributed by atoms with E-state index in [1.54, 1.807) is 4.90 Å². The number of carbonyl (C=O) groups excluding carboxylic acids is 1. The first-order chi connectivity index (χ1) is 10.2. The van der Waals surface area contributed by atoms with Gasteiger partial charge in [-0.25, -0.2) is 0 Å². The molecule has 0 saturated carbocycles. The molecule has 0 spiro atoms. The Hall–Kier alpha value is -2.29. The molecular formula is C18H22N2O. The van der Waals surface area contributed by atoms with Crippen LogP contribution in [0.5, 0.6) is 0 Å². The van der Waals surface area contributed by atoms with Gasteiger partial charge in [0.1, 0.15) is 0 Å². The molecule has 0 radical (unpaired) electrons. The van der Waals surface area contributed by atoms with Crippen LogP contribution in [0.15, 0.2) is 48.5 Å². The Morgan fingerprint density at radius 2 is 1.81 bits per heavy atom. The summed E-state index contributed by atoms with van der Waals surface area (Å²) in [4.78, 5) is 14.5. The maximum absolute atomic E-state index is 12.7.